The van der Waals surface area contributed by atoms with Crippen LogP contribution in [0.4, 0.5) is 10.6 Å². The third kappa shape index (κ3) is 5.23. The van der Waals surface area contributed by atoms with Gasteiger partial charge in [0.25, 0.3) is 0 Å². The van der Waals surface area contributed by atoms with Gasteiger partial charge in [0.1, 0.15) is 18.1 Å². The zero-order chi connectivity index (χ0) is 22.7. The Morgan fingerprint density at radius 3 is 2.56 bits per heavy atom. The molecule has 1 aromatic carbocycles. The first-order chi connectivity index (χ1) is 15.4. The minimum Gasteiger partial charge on any atom is -0.497 e. The number of ether oxygens (including phenoxy) is 1. The Kier molecular flexibility index (Phi) is 6.67. The summed E-state index contributed by atoms with van der Waals surface area (Å²) in [5.74, 6) is 2.14. The minimum absolute atomic E-state index is 0.0486. The topological polar surface area (TPSA) is 86.2 Å². The van der Waals surface area contributed by atoms with E-state index in [2.05, 4.69) is 17.0 Å². The predicted octanol–water partition coefficient (Wildman–Crippen LogP) is 3.45. The Hall–Kier alpha value is -3.03. The number of hydrogen-bond acceptors (Lipinski definition) is 5. The molecule has 0 bridgehead atoms. The number of hydrogen-bond donors (Lipinski definition) is 1. The molecule has 8 nitrogen and oxygen atoms in total. The first-order valence-corrected chi connectivity index (χ1v) is 11.4. The SMILES string of the molecule is COc1ccc2nc(N3CCC(CCN(CC(=O)N(C)C4CC4)C(=O)O)CC3)ccc2c1. The quantitative estimate of drug-likeness (QED) is 0.677. The first kappa shape index (κ1) is 22.2. The van der Waals surface area contributed by atoms with Crippen molar-refractivity contribution in [3.63, 3.8) is 0 Å². The summed E-state index contributed by atoms with van der Waals surface area (Å²) < 4.78 is 5.28. The van der Waals surface area contributed by atoms with Gasteiger partial charge in [0.2, 0.25) is 5.91 Å². The molecule has 2 aliphatic rings. The molecule has 0 atom stereocenters. The van der Waals surface area contributed by atoms with Gasteiger partial charge in [-0.25, -0.2) is 9.78 Å². The van der Waals surface area contributed by atoms with Gasteiger partial charge in [-0.05, 0) is 68.4 Å². The number of carbonyl (C=O) groups is 2. The third-order valence-electron chi connectivity index (χ3n) is 6.71. The average Bonchev–Trinajstić information content (AvgIpc) is 3.66. The van der Waals surface area contributed by atoms with Gasteiger partial charge >= 0.3 is 6.09 Å². The number of carboxylic acid groups (broad SMARTS) is 1. The molecule has 1 aromatic heterocycles. The van der Waals surface area contributed by atoms with Crippen LogP contribution in [0.2, 0.25) is 0 Å². The molecule has 8 heteroatoms. The number of methoxy groups -OCH3 is 1. The summed E-state index contributed by atoms with van der Waals surface area (Å²) in [4.78, 5) is 34.0. The molecule has 2 amide bonds. The van der Waals surface area contributed by atoms with Gasteiger partial charge in [-0.2, -0.15) is 0 Å². The van der Waals surface area contributed by atoms with Crippen LogP contribution in [0.15, 0.2) is 30.3 Å². The molecule has 1 saturated carbocycles. The van der Waals surface area contributed by atoms with E-state index in [0.29, 0.717) is 18.5 Å². The number of likely N-dealkylation sites (N-methyl/N-ethyl adjacent to an activating group) is 1. The normalized spacial score (nSPS) is 16.8. The van der Waals surface area contributed by atoms with E-state index < -0.39 is 6.09 Å². The lowest BCUT2D eigenvalue weighted by molar-refractivity contribution is -0.131. The molecule has 2 heterocycles. The zero-order valence-corrected chi connectivity index (χ0v) is 18.9. The summed E-state index contributed by atoms with van der Waals surface area (Å²) in [6.07, 6.45) is 3.79. The van der Waals surface area contributed by atoms with Gasteiger partial charge in [0.15, 0.2) is 0 Å². The third-order valence-corrected chi connectivity index (χ3v) is 6.71. The van der Waals surface area contributed by atoms with Crippen molar-refractivity contribution in [3.05, 3.63) is 30.3 Å². The number of benzene rings is 1. The number of aromatic nitrogens is 1. The molecular weight excluding hydrogens is 408 g/mol. The number of pyridine rings is 1. The van der Waals surface area contributed by atoms with E-state index in [1.807, 2.05) is 18.2 Å². The second-order valence-corrected chi connectivity index (χ2v) is 8.89. The molecule has 1 saturated heterocycles. The second kappa shape index (κ2) is 9.63. The van der Waals surface area contributed by atoms with Crippen LogP contribution in [-0.2, 0) is 4.79 Å². The molecule has 2 aromatic rings. The summed E-state index contributed by atoms with van der Waals surface area (Å²) in [7, 11) is 3.43. The molecule has 1 aliphatic heterocycles. The number of piperidine rings is 1. The lowest BCUT2D eigenvalue weighted by Gasteiger charge is -2.33. The number of nitrogens with zero attached hydrogens (tertiary/aromatic N) is 4. The van der Waals surface area contributed by atoms with Crippen LogP contribution in [0, 0.1) is 5.92 Å². The molecule has 1 N–H and O–H groups in total. The number of rotatable bonds is 8. The Bertz CT molecular complexity index is 970. The predicted molar refractivity (Wildman–Crippen MR) is 123 cm³/mol. The minimum atomic E-state index is -1.02. The van der Waals surface area contributed by atoms with Crippen molar-refractivity contribution in [2.45, 2.75) is 38.1 Å². The number of anilines is 1. The van der Waals surface area contributed by atoms with Gasteiger partial charge in [-0.1, -0.05) is 0 Å². The molecule has 0 unspecified atom stereocenters. The lowest BCUT2D eigenvalue weighted by atomic mass is 9.93. The molecule has 0 spiro atoms. The summed E-state index contributed by atoms with van der Waals surface area (Å²) >= 11 is 0. The maximum Gasteiger partial charge on any atom is 0.407 e. The van der Waals surface area contributed by atoms with Crippen molar-refractivity contribution >= 4 is 28.7 Å². The van der Waals surface area contributed by atoms with Crippen LogP contribution in [0.5, 0.6) is 5.75 Å². The molecule has 32 heavy (non-hydrogen) atoms. The van der Waals surface area contributed by atoms with Crippen molar-refractivity contribution in [1.29, 1.82) is 0 Å². The molecule has 4 rings (SSSR count). The Morgan fingerprint density at radius 2 is 1.91 bits per heavy atom. The summed E-state index contributed by atoms with van der Waals surface area (Å²) in [6.45, 7) is 2.15. The van der Waals surface area contributed by atoms with Crippen LogP contribution in [0.1, 0.15) is 32.1 Å². The largest absolute Gasteiger partial charge is 0.497 e. The highest BCUT2D eigenvalue weighted by Gasteiger charge is 2.31. The number of amides is 2. The monoisotopic (exact) mass is 440 g/mol. The molecular formula is C24H32N4O4. The van der Waals surface area contributed by atoms with Crippen molar-refractivity contribution in [2.24, 2.45) is 5.92 Å². The van der Waals surface area contributed by atoms with Gasteiger partial charge < -0.3 is 19.6 Å². The van der Waals surface area contributed by atoms with E-state index in [0.717, 1.165) is 67.7 Å². The summed E-state index contributed by atoms with van der Waals surface area (Å²) in [5, 5.41) is 10.6. The summed E-state index contributed by atoms with van der Waals surface area (Å²) in [6, 6.07) is 10.3. The van der Waals surface area contributed by atoms with Crippen LogP contribution < -0.4 is 9.64 Å². The molecule has 2 fully saturated rings. The Labute approximate surface area is 188 Å². The van der Waals surface area contributed by atoms with Gasteiger partial charge in [-0.3, -0.25) is 9.69 Å². The average molecular weight is 441 g/mol. The summed E-state index contributed by atoms with van der Waals surface area (Å²) in [5.41, 5.74) is 0.948. The van der Waals surface area contributed by atoms with Crippen molar-refractivity contribution in [2.75, 3.05) is 45.2 Å². The molecule has 0 radical (unpaired) electrons. The molecule has 172 valence electrons. The lowest BCUT2D eigenvalue weighted by Crippen LogP contribution is -2.43. The fourth-order valence-corrected chi connectivity index (χ4v) is 4.37. The van der Waals surface area contributed by atoms with Gasteiger partial charge in [0.05, 0.1) is 12.6 Å². The highest BCUT2D eigenvalue weighted by Crippen LogP contribution is 2.28. The fourth-order valence-electron chi connectivity index (χ4n) is 4.37. The second-order valence-electron chi connectivity index (χ2n) is 8.89. The highest BCUT2D eigenvalue weighted by molar-refractivity contribution is 5.82. The van der Waals surface area contributed by atoms with Crippen molar-refractivity contribution < 1.29 is 19.4 Å². The van der Waals surface area contributed by atoms with E-state index in [1.165, 1.54) is 4.90 Å². The fraction of sp³-hybridized carbons (Fsp3) is 0.542. The van der Waals surface area contributed by atoms with Gasteiger partial charge in [0, 0.05) is 38.1 Å². The van der Waals surface area contributed by atoms with E-state index >= 15 is 0 Å². The Morgan fingerprint density at radius 1 is 1.16 bits per heavy atom. The van der Waals surface area contributed by atoms with E-state index in [9.17, 15) is 14.7 Å². The van der Waals surface area contributed by atoms with E-state index in [-0.39, 0.29) is 12.5 Å². The van der Waals surface area contributed by atoms with Gasteiger partial charge in [-0.15, -0.1) is 0 Å². The Balaban J connectivity index is 1.28. The maximum absolute atomic E-state index is 12.3. The standard InChI is InChI=1S/C24H32N4O4/c1-26(19-4-5-19)23(29)16-28(24(30)31)14-11-17-9-12-27(13-10-17)22-8-3-18-15-20(32-2)6-7-21(18)25-22/h3,6-8,15,17,19H,4-5,9-14,16H2,1-2H3,(H,30,31). The molecule has 1 aliphatic carbocycles. The van der Waals surface area contributed by atoms with Crippen LogP contribution in [0.3, 0.4) is 0 Å². The maximum atomic E-state index is 12.3. The first-order valence-electron chi connectivity index (χ1n) is 11.4. The van der Waals surface area contributed by atoms with Crippen molar-refractivity contribution in [3.8, 4) is 5.75 Å². The van der Waals surface area contributed by atoms with Crippen LogP contribution in [0.25, 0.3) is 10.9 Å². The highest BCUT2D eigenvalue weighted by atomic mass is 16.5. The zero-order valence-electron chi connectivity index (χ0n) is 18.9. The number of fused-ring (bicyclic) bond motifs is 1. The number of carbonyl (C=O) groups excluding carboxylic acids is 1. The van der Waals surface area contributed by atoms with E-state index in [1.54, 1.807) is 19.1 Å². The van der Waals surface area contributed by atoms with E-state index in [4.69, 9.17) is 9.72 Å². The van der Waals surface area contributed by atoms with Crippen molar-refractivity contribution in [1.82, 2.24) is 14.8 Å². The smallest absolute Gasteiger partial charge is 0.407 e. The van der Waals surface area contributed by atoms with Crippen LogP contribution in [-0.4, -0.2) is 78.3 Å². The van der Waals surface area contributed by atoms with Crippen LogP contribution >= 0.6 is 0 Å².